The highest BCUT2D eigenvalue weighted by Crippen LogP contribution is 2.29. The molecule has 0 aliphatic carbocycles. The zero-order valence-electron chi connectivity index (χ0n) is 9.94. The highest BCUT2D eigenvalue weighted by Gasteiger charge is 2.29. The van der Waals surface area contributed by atoms with Crippen LogP contribution in [0, 0.1) is 0 Å². The van der Waals surface area contributed by atoms with Crippen molar-refractivity contribution in [2.24, 2.45) is 0 Å². The first-order chi connectivity index (χ1) is 9.36. The largest absolute Gasteiger partial charge is 0.477 e. The third kappa shape index (κ3) is 3.47. The zero-order chi connectivity index (χ0) is 14.8. The number of carboxylic acid groups (broad SMARTS) is 1. The molecule has 0 bridgehead atoms. The van der Waals surface area contributed by atoms with Crippen molar-refractivity contribution in [2.75, 3.05) is 5.32 Å². The molecule has 1 heterocycles. The second-order valence-corrected chi connectivity index (χ2v) is 4.91. The molecule has 2 aromatic rings. The van der Waals surface area contributed by atoms with Crippen LogP contribution < -0.4 is 5.32 Å². The van der Waals surface area contributed by atoms with Gasteiger partial charge in [-0.2, -0.15) is 13.2 Å². The number of rotatable bonds is 4. The second-order valence-electron chi connectivity index (χ2n) is 3.88. The number of aromatic carboxylic acids is 1. The molecule has 0 saturated carbocycles. The maximum absolute atomic E-state index is 12.4. The number of carboxylic acids is 1. The lowest BCUT2D eigenvalue weighted by Crippen LogP contribution is -2.05. The van der Waals surface area contributed by atoms with Gasteiger partial charge in [0.05, 0.1) is 11.8 Å². The van der Waals surface area contributed by atoms with Gasteiger partial charge in [0, 0.05) is 6.54 Å². The molecule has 0 atom stereocenters. The maximum Gasteiger partial charge on any atom is 0.416 e. The van der Waals surface area contributed by atoms with Gasteiger partial charge in [-0.3, -0.25) is 0 Å². The average Bonchev–Trinajstić information content (AvgIpc) is 2.85. The zero-order valence-corrected chi connectivity index (χ0v) is 10.8. The minimum Gasteiger partial charge on any atom is -0.477 e. The highest BCUT2D eigenvalue weighted by molar-refractivity contribution is 7.17. The van der Waals surface area contributed by atoms with E-state index in [9.17, 15) is 18.0 Å². The average molecular weight is 302 g/mol. The van der Waals surface area contributed by atoms with Crippen LogP contribution in [-0.2, 0) is 12.7 Å². The van der Waals surface area contributed by atoms with E-state index in [2.05, 4.69) is 10.3 Å². The molecule has 20 heavy (non-hydrogen) atoms. The number of nitrogens with zero attached hydrogens (tertiary/aromatic N) is 1. The van der Waals surface area contributed by atoms with Crippen LogP contribution in [-0.4, -0.2) is 16.1 Å². The number of alkyl halides is 3. The van der Waals surface area contributed by atoms with Crippen molar-refractivity contribution in [2.45, 2.75) is 12.7 Å². The molecule has 2 rings (SSSR count). The van der Waals surface area contributed by atoms with Crippen molar-refractivity contribution in [1.29, 1.82) is 0 Å². The minimum atomic E-state index is -4.35. The summed E-state index contributed by atoms with van der Waals surface area (Å²) in [7, 11) is 0. The predicted octanol–water partition coefficient (Wildman–Crippen LogP) is 3.47. The lowest BCUT2D eigenvalue weighted by molar-refractivity contribution is -0.137. The van der Waals surface area contributed by atoms with E-state index in [-0.39, 0.29) is 11.4 Å². The van der Waals surface area contributed by atoms with Crippen LogP contribution in [0.2, 0.25) is 0 Å². The molecule has 4 nitrogen and oxygen atoms in total. The van der Waals surface area contributed by atoms with Gasteiger partial charge in [0.25, 0.3) is 0 Å². The summed E-state index contributed by atoms with van der Waals surface area (Å²) in [5.41, 5.74) is -0.0614. The van der Waals surface area contributed by atoms with E-state index in [1.807, 2.05) is 0 Å². The monoisotopic (exact) mass is 302 g/mol. The van der Waals surface area contributed by atoms with Crippen molar-refractivity contribution in [3.8, 4) is 0 Å². The Hall–Kier alpha value is -2.09. The van der Waals surface area contributed by atoms with Crippen LogP contribution in [0.15, 0.2) is 30.5 Å². The molecule has 1 aromatic heterocycles. The summed E-state index contributed by atoms with van der Waals surface area (Å²) in [5.74, 6) is -1.06. The standard InChI is InChI=1S/C12H9F3N2O2S/c13-12(14,15)8-3-1-7(2-4-8)5-16-11-17-6-9(20-11)10(18)19/h1-4,6H,5H2,(H,16,17)(H,18,19). The summed E-state index contributed by atoms with van der Waals surface area (Å²) in [6.07, 6.45) is -3.13. The normalized spacial score (nSPS) is 11.3. The number of benzene rings is 1. The molecule has 0 spiro atoms. The third-order valence-electron chi connectivity index (χ3n) is 2.44. The van der Waals surface area contributed by atoms with E-state index >= 15 is 0 Å². The van der Waals surface area contributed by atoms with Gasteiger partial charge in [-0.05, 0) is 17.7 Å². The van der Waals surface area contributed by atoms with Crippen molar-refractivity contribution >= 4 is 22.4 Å². The predicted molar refractivity (Wildman–Crippen MR) is 67.8 cm³/mol. The lowest BCUT2D eigenvalue weighted by atomic mass is 10.1. The molecule has 0 fully saturated rings. The number of carbonyl (C=O) groups is 1. The van der Waals surface area contributed by atoms with Crippen molar-refractivity contribution in [1.82, 2.24) is 4.98 Å². The Morgan fingerprint density at radius 1 is 1.30 bits per heavy atom. The van der Waals surface area contributed by atoms with Gasteiger partial charge in [0.1, 0.15) is 4.88 Å². The summed E-state index contributed by atoms with van der Waals surface area (Å²) < 4.78 is 37.1. The highest BCUT2D eigenvalue weighted by atomic mass is 32.1. The van der Waals surface area contributed by atoms with Crippen LogP contribution in [0.4, 0.5) is 18.3 Å². The van der Waals surface area contributed by atoms with Crippen molar-refractivity contribution < 1.29 is 23.1 Å². The lowest BCUT2D eigenvalue weighted by Gasteiger charge is -2.07. The minimum absolute atomic E-state index is 0.0971. The quantitative estimate of drug-likeness (QED) is 0.907. The molecule has 106 valence electrons. The fourth-order valence-corrected chi connectivity index (χ4v) is 2.09. The van der Waals surface area contributed by atoms with Crippen LogP contribution in [0.5, 0.6) is 0 Å². The summed E-state index contributed by atoms with van der Waals surface area (Å²) in [6, 6.07) is 4.73. The second kappa shape index (κ2) is 5.49. The van der Waals surface area contributed by atoms with E-state index in [0.29, 0.717) is 10.7 Å². The van der Waals surface area contributed by atoms with E-state index in [4.69, 9.17) is 5.11 Å². The summed E-state index contributed by atoms with van der Waals surface area (Å²) in [4.78, 5) is 14.6. The van der Waals surface area contributed by atoms with Gasteiger partial charge in [-0.15, -0.1) is 0 Å². The van der Waals surface area contributed by atoms with Crippen LogP contribution >= 0.6 is 11.3 Å². The number of halogens is 3. The number of hydrogen-bond donors (Lipinski definition) is 2. The van der Waals surface area contributed by atoms with Gasteiger partial charge in [-0.1, -0.05) is 23.5 Å². The van der Waals surface area contributed by atoms with Gasteiger partial charge >= 0.3 is 12.1 Å². The van der Waals surface area contributed by atoms with Crippen molar-refractivity contribution in [3.63, 3.8) is 0 Å². The van der Waals surface area contributed by atoms with Crippen molar-refractivity contribution in [3.05, 3.63) is 46.5 Å². The molecule has 0 unspecified atom stereocenters. The maximum atomic E-state index is 12.4. The Bertz CT molecular complexity index is 608. The summed E-state index contributed by atoms with van der Waals surface area (Å²) in [6.45, 7) is 0.269. The summed E-state index contributed by atoms with van der Waals surface area (Å²) in [5, 5.41) is 12.0. The number of aromatic nitrogens is 1. The van der Waals surface area contributed by atoms with Crippen LogP contribution in [0.1, 0.15) is 20.8 Å². The number of hydrogen-bond acceptors (Lipinski definition) is 4. The molecule has 0 radical (unpaired) electrons. The van der Waals surface area contributed by atoms with Crippen LogP contribution in [0.3, 0.4) is 0 Å². The number of anilines is 1. The molecular weight excluding hydrogens is 293 g/mol. The molecule has 8 heteroatoms. The van der Waals surface area contributed by atoms with Gasteiger partial charge < -0.3 is 10.4 Å². The first kappa shape index (κ1) is 14.3. The molecule has 0 aliphatic rings. The molecule has 2 N–H and O–H groups in total. The first-order valence-corrected chi connectivity index (χ1v) is 6.27. The molecule has 0 saturated heterocycles. The topological polar surface area (TPSA) is 62.2 Å². The Morgan fingerprint density at radius 2 is 1.95 bits per heavy atom. The molecule has 0 aliphatic heterocycles. The molecule has 0 amide bonds. The Kier molecular flexibility index (Phi) is 3.93. The van der Waals surface area contributed by atoms with Gasteiger partial charge in [-0.25, -0.2) is 9.78 Å². The van der Waals surface area contributed by atoms with Gasteiger partial charge in [0.15, 0.2) is 5.13 Å². The smallest absolute Gasteiger partial charge is 0.416 e. The third-order valence-corrected chi connectivity index (χ3v) is 3.38. The van der Waals surface area contributed by atoms with Crippen LogP contribution in [0.25, 0.3) is 0 Å². The number of nitrogens with one attached hydrogen (secondary N) is 1. The summed E-state index contributed by atoms with van der Waals surface area (Å²) >= 11 is 0.966. The number of thiazole rings is 1. The Balaban J connectivity index is 1.98. The SMILES string of the molecule is O=C(O)c1cnc(NCc2ccc(C(F)(F)F)cc2)s1. The molecule has 1 aromatic carbocycles. The fraction of sp³-hybridized carbons (Fsp3) is 0.167. The first-order valence-electron chi connectivity index (χ1n) is 5.45. The Labute approximate surface area is 115 Å². The van der Waals surface area contributed by atoms with E-state index in [1.54, 1.807) is 0 Å². The molecular formula is C12H9F3N2O2S. The van der Waals surface area contributed by atoms with E-state index in [0.717, 1.165) is 23.5 Å². The fourth-order valence-electron chi connectivity index (χ4n) is 1.44. The van der Waals surface area contributed by atoms with E-state index in [1.165, 1.54) is 18.3 Å². The van der Waals surface area contributed by atoms with E-state index < -0.39 is 17.7 Å². The Morgan fingerprint density at radius 3 is 2.45 bits per heavy atom. The van der Waals surface area contributed by atoms with Gasteiger partial charge in [0.2, 0.25) is 0 Å².